The van der Waals surface area contributed by atoms with Gasteiger partial charge in [-0.1, -0.05) is 30.3 Å². The molecule has 2 fully saturated rings. The van der Waals surface area contributed by atoms with Gasteiger partial charge in [-0.2, -0.15) is 0 Å². The Hall–Kier alpha value is -2.53. The van der Waals surface area contributed by atoms with Crippen LogP contribution in [0.5, 0.6) is 5.75 Å². The van der Waals surface area contributed by atoms with Gasteiger partial charge in [-0.05, 0) is 56.5 Å². The summed E-state index contributed by atoms with van der Waals surface area (Å²) in [6.07, 6.45) is 1.88. The number of morpholine rings is 1. The fraction of sp³-hybridized carbons (Fsp3) is 0.458. The predicted molar refractivity (Wildman–Crippen MR) is 114 cm³/mol. The van der Waals surface area contributed by atoms with Crippen LogP contribution < -0.4 is 9.64 Å². The normalized spacial score (nSPS) is 19.1. The highest BCUT2D eigenvalue weighted by Gasteiger charge is 2.42. The Balaban J connectivity index is 1.32. The third-order valence-electron chi connectivity index (χ3n) is 6.03. The zero-order valence-corrected chi connectivity index (χ0v) is 17.3. The summed E-state index contributed by atoms with van der Waals surface area (Å²) in [7, 11) is 0. The first kappa shape index (κ1) is 19.8. The number of nitrogens with zero attached hydrogens (tertiary/aromatic N) is 2. The number of benzene rings is 2. The van der Waals surface area contributed by atoms with Crippen molar-refractivity contribution in [2.24, 2.45) is 0 Å². The zero-order valence-electron chi connectivity index (χ0n) is 17.3. The van der Waals surface area contributed by atoms with E-state index in [1.165, 1.54) is 11.3 Å². The molecule has 0 bridgehead atoms. The summed E-state index contributed by atoms with van der Waals surface area (Å²) >= 11 is 0. The van der Waals surface area contributed by atoms with Crippen molar-refractivity contribution in [3.8, 4) is 5.75 Å². The Morgan fingerprint density at radius 1 is 1.03 bits per heavy atom. The van der Waals surface area contributed by atoms with Crippen LogP contribution in [0.15, 0.2) is 54.6 Å². The molecule has 0 N–H and O–H groups in total. The van der Waals surface area contributed by atoms with Crippen LogP contribution in [0.25, 0.3) is 0 Å². The topological polar surface area (TPSA) is 42.0 Å². The molecular formula is C24H30N2O3. The van der Waals surface area contributed by atoms with Crippen LogP contribution >= 0.6 is 0 Å². The number of anilines is 1. The van der Waals surface area contributed by atoms with Gasteiger partial charge in [-0.15, -0.1) is 0 Å². The molecule has 2 aromatic rings. The second-order valence-corrected chi connectivity index (χ2v) is 8.34. The van der Waals surface area contributed by atoms with Crippen LogP contribution in [-0.4, -0.2) is 48.7 Å². The maximum atomic E-state index is 12.1. The molecular weight excluding hydrogens is 364 g/mol. The van der Waals surface area contributed by atoms with Crippen LogP contribution in [0.2, 0.25) is 0 Å². The van der Waals surface area contributed by atoms with Crippen LogP contribution in [0.4, 0.5) is 5.69 Å². The Morgan fingerprint density at radius 3 is 2.38 bits per heavy atom. The van der Waals surface area contributed by atoms with E-state index < -0.39 is 0 Å². The molecule has 0 aliphatic carbocycles. The van der Waals surface area contributed by atoms with E-state index in [1.54, 1.807) is 0 Å². The molecule has 29 heavy (non-hydrogen) atoms. The van der Waals surface area contributed by atoms with Gasteiger partial charge in [0.05, 0.1) is 12.1 Å². The molecule has 2 saturated heterocycles. The molecule has 4 rings (SSSR count). The predicted octanol–water partition coefficient (Wildman–Crippen LogP) is 3.87. The SMILES string of the molecule is CC(C)N1CC2(CCN(c3ccc(OCc4ccccc4)cc3)CC2)OCC1=O. The number of ether oxygens (including phenoxy) is 2. The lowest BCUT2D eigenvalue weighted by molar-refractivity contribution is -0.170. The lowest BCUT2D eigenvalue weighted by atomic mass is 9.88. The van der Waals surface area contributed by atoms with Gasteiger partial charge in [0.2, 0.25) is 5.91 Å². The van der Waals surface area contributed by atoms with Crippen molar-refractivity contribution in [3.05, 3.63) is 60.2 Å². The summed E-state index contributed by atoms with van der Waals surface area (Å²) in [6.45, 7) is 7.53. The van der Waals surface area contributed by atoms with Gasteiger partial charge in [-0.3, -0.25) is 4.79 Å². The van der Waals surface area contributed by atoms with Crippen LogP contribution in [-0.2, 0) is 16.1 Å². The largest absolute Gasteiger partial charge is 0.489 e. The lowest BCUT2D eigenvalue weighted by Crippen LogP contribution is -2.60. The van der Waals surface area contributed by atoms with E-state index in [1.807, 2.05) is 35.2 Å². The first-order valence-electron chi connectivity index (χ1n) is 10.5. The number of carbonyl (C=O) groups excluding carboxylic acids is 1. The van der Waals surface area contributed by atoms with Crippen LogP contribution in [0.3, 0.4) is 0 Å². The number of piperidine rings is 1. The molecule has 2 heterocycles. The van der Waals surface area contributed by atoms with E-state index in [2.05, 4.69) is 43.0 Å². The van der Waals surface area contributed by atoms with Gasteiger partial charge in [0.15, 0.2) is 0 Å². The van der Waals surface area contributed by atoms with Gasteiger partial charge in [0.25, 0.3) is 0 Å². The van der Waals surface area contributed by atoms with Crippen molar-refractivity contribution in [1.82, 2.24) is 4.90 Å². The first-order chi connectivity index (χ1) is 14.0. The van der Waals surface area contributed by atoms with Gasteiger partial charge in [0, 0.05) is 24.8 Å². The van der Waals surface area contributed by atoms with Crippen molar-refractivity contribution >= 4 is 11.6 Å². The zero-order chi connectivity index (χ0) is 20.3. The van der Waals surface area contributed by atoms with Gasteiger partial charge in [-0.25, -0.2) is 0 Å². The minimum absolute atomic E-state index is 0.110. The number of amides is 1. The number of hydrogen-bond acceptors (Lipinski definition) is 4. The Morgan fingerprint density at radius 2 is 1.72 bits per heavy atom. The van der Waals surface area contributed by atoms with Crippen LogP contribution in [0.1, 0.15) is 32.3 Å². The molecule has 2 aliphatic rings. The van der Waals surface area contributed by atoms with Gasteiger partial charge in [0.1, 0.15) is 19.0 Å². The molecule has 0 aromatic heterocycles. The molecule has 0 radical (unpaired) electrons. The molecule has 1 amide bonds. The summed E-state index contributed by atoms with van der Waals surface area (Å²) in [5.74, 6) is 0.993. The standard InChI is InChI=1S/C24H30N2O3/c1-19(2)26-18-24(29-17-23(26)27)12-14-25(15-13-24)21-8-10-22(11-9-21)28-16-20-6-4-3-5-7-20/h3-11,19H,12-18H2,1-2H3. The third kappa shape index (κ3) is 4.56. The minimum atomic E-state index is -0.187. The highest BCUT2D eigenvalue weighted by atomic mass is 16.5. The molecule has 5 nitrogen and oxygen atoms in total. The smallest absolute Gasteiger partial charge is 0.248 e. The van der Waals surface area contributed by atoms with Crippen LogP contribution in [0, 0.1) is 0 Å². The average Bonchev–Trinajstić information content (AvgIpc) is 2.76. The highest BCUT2D eigenvalue weighted by Crippen LogP contribution is 2.33. The molecule has 0 unspecified atom stereocenters. The quantitative estimate of drug-likeness (QED) is 0.772. The summed E-state index contributed by atoms with van der Waals surface area (Å²) in [4.78, 5) is 16.5. The van der Waals surface area contributed by atoms with Crippen molar-refractivity contribution in [2.75, 3.05) is 31.1 Å². The van der Waals surface area contributed by atoms with Crippen molar-refractivity contribution < 1.29 is 14.3 Å². The molecule has 154 valence electrons. The van der Waals surface area contributed by atoms with Crippen molar-refractivity contribution in [1.29, 1.82) is 0 Å². The molecule has 1 spiro atoms. The Kier molecular flexibility index (Phi) is 5.76. The monoisotopic (exact) mass is 394 g/mol. The highest BCUT2D eigenvalue weighted by molar-refractivity contribution is 5.78. The number of rotatable bonds is 5. The molecule has 2 aliphatic heterocycles. The van der Waals surface area contributed by atoms with E-state index in [0.717, 1.165) is 31.7 Å². The van der Waals surface area contributed by atoms with E-state index in [4.69, 9.17) is 9.47 Å². The third-order valence-corrected chi connectivity index (χ3v) is 6.03. The first-order valence-corrected chi connectivity index (χ1v) is 10.5. The summed E-state index contributed by atoms with van der Waals surface area (Å²) in [6, 6.07) is 18.8. The average molecular weight is 395 g/mol. The van der Waals surface area contributed by atoms with E-state index in [0.29, 0.717) is 13.2 Å². The van der Waals surface area contributed by atoms with E-state index in [9.17, 15) is 4.79 Å². The number of hydrogen-bond donors (Lipinski definition) is 0. The van der Waals surface area contributed by atoms with Gasteiger partial charge >= 0.3 is 0 Å². The molecule has 2 aromatic carbocycles. The Labute approximate surface area is 173 Å². The second-order valence-electron chi connectivity index (χ2n) is 8.34. The molecule has 0 atom stereocenters. The summed E-state index contributed by atoms with van der Waals surface area (Å²) < 4.78 is 11.9. The fourth-order valence-corrected chi connectivity index (χ4v) is 4.18. The maximum absolute atomic E-state index is 12.1. The Bertz CT molecular complexity index is 812. The van der Waals surface area contributed by atoms with E-state index in [-0.39, 0.29) is 24.2 Å². The summed E-state index contributed by atoms with van der Waals surface area (Å²) in [5, 5.41) is 0. The van der Waals surface area contributed by atoms with Crippen molar-refractivity contribution in [2.45, 2.75) is 44.9 Å². The van der Waals surface area contributed by atoms with Gasteiger partial charge < -0.3 is 19.3 Å². The lowest BCUT2D eigenvalue weighted by Gasteiger charge is -2.48. The fourth-order valence-electron chi connectivity index (χ4n) is 4.18. The maximum Gasteiger partial charge on any atom is 0.248 e. The summed E-state index contributed by atoms with van der Waals surface area (Å²) in [5.41, 5.74) is 2.19. The van der Waals surface area contributed by atoms with E-state index >= 15 is 0 Å². The molecule has 5 heteroatoms. The van der Waals surface area contributed by atoms with Crippen molar-refractivity contribution in [3.63, 3.8) is 0 Å². The minimum Gasteiger partial charge on any atom is -0.489 e. The number of carbonyl (C=O) groups is 1. The second kappa shape index (κ2) is 8.46. The molecule has 0 saturated carbocycles.